The molecule has 2 amide bonds. The molecule has 0 aliphatic carbocycles. The van der Waals surface area contributed by atoms with Gasteiger partial charge in [-0.1, -0.05) is 35.0 Å². The highest BCUT2D eigenvalue weighted by molar-refractivity contribution is 6.33. The van der Waals surface area contributed by atoms with Gasteiger partial charge in [0.15, 0.2) is 6.61 Å². The molecule has 0 saturated heterocycles. The number of nitrogens with two attached hydrogens (primary N) is 1. The number of nitrogens with zero attached hydrogens (tertiary/aromatic N) is 1. The average Bonchev–Trinajstić information content (AvgIpc) is 2.60. The van der Waals surface area contributed by atoms with Crippen LogP contribution in [0.3, 0.4) is 0 Å². The molecule has 2 rings (SSSR count). The van der Waals surface area contributed by atoms with E-state index in [0.717, 1.165) is 11.1 Å². The summed E-state index contributed by atoms with van der Waals surface area (Å²) in [7, 11) is 0. The highest BCUT2D eigenvalue weighted by Crippen LogP contribution is 2.20. The van der Waals surface area contributed by atoms with Crippen LogP contribution >= 0.6 is 11.6 Å². The van der Waals surface area contributed by atoms with Crippen LogP contribution in [0.2, 0.25) is 5.02 Å². The Labute approximate surface area is 162 Å². The number of oxime groups is 1. The fourth-order valence-electron chi connectivity index (χ4n) is 2.14. The number of para-hydroxylation sites is 1. The van der Waals surface area contributed by atoms with Crippen LogP contribution < -0.4 is 16.4 Å². The third-order valence-corrected chi connectivity index (χ3v) is 3.99. The van der Waals surface area contributed by atoms with E-state index in [1.807, 2.05) is 26.0 Å². The number of aryl methyl sites for hydroxylation is 2. The predicted octanol–water partition coefficient (Wildman–Crippen LogP) is 3.21. The van der Waals surface area contributed by atoms with Crippen molar-refractivity contribution >= 4 is 40.6 Å². The lowest BCUT2D eigenvalue weighted by atomic mass is 10.1. The van der Waals surface area contributed by atoms with Crippen LogP contribution in [0.15, 0.2) is 47.6 Å². The molecule has 0 bridgehead atoms. The van der Waals surface area contributed by atoms with Gasteiger partial charge in [0.2, 0.25) is 5.91 Å². The number of hydrogen-bond acceptors (Lipinski definition) is 4. The Kier molecular flexibility index (Phi) is 7.19. The largest absolute Gasteiger partial charge is 0.384 e. The van der Waals surface area contributed by atoms with E-state index in [-0.39, 0.29) is 24.8 Å². The summed E-state index contributed by atoms with van der Waals surface area (Å²) < 4.78 is 0. The van der Waals surface area contributed by atoms with E-state index in [1.165, 1.54) is 0 Å². The highest BCUT2D eigenvalue weighted by atomic mass is 35.5. The molecule has 0 aliphatic rings. The first-order valence-electron chi connectivity index (χ1n) is 8.21. The van der Waals surface area contributed by atoms with Crippen molar-refractivity contribution in [3.8, 4) is 0 Å². The molecule has 0 unspecified atom stereocenters. The number of carbonyl (C=O) groups excluding carboxylic acids is 2. The number of amidine groups is 1. The van der Waals surface area contributed by atoms with Crippen molar-refractivity contribution in [2.45, 2.75) is 20.3 Å². The zero-order valence-electron chi connectivity index (χ0n) is 15.1. The van der Waals surface area contributed by atoms with Gasteiger partial charge >= 0.3 is 0 Å². The standard InChI is InChI=1S/C19H21ClN4O3/c1-12-7-8-14(9-13(12)2)22-19(26)11-27-24-17(21)10-18(25)23-16-6-4-3-5-15(16)20/h3-9H,10-11H2,1-2H3,(H2,21,24)(H,22,26)(H,23,25). The molecular formula is C19H21ClN4O3. The fourth-order valence-corrected chi connectivity index (χ4v) is 2.33. The predicted molar refractivity (Wildman–Crippen MR) is 107 cm³/mol. The molecule has 0 spiro atoms. The first kappa shape index (κ1) is 20.3. The normalized spacial score (nSPS) is 11.0. The van der Waals surface area contributed by atoms with E-state index in [4.69, 9.17) is 22.2 Å². The maximum absolute atomic E-state index is 11.9. The molecule has 0 heterocycles. The Morgan fingerprint density at radius 3 is 2.52 bits per heavy atom. The number of rotatable bonds is 7. The number of amides is 2. The van der Waals surface area contributed by atoms with Crippen molar-refractivity contribution in [2.24, 2.45) is 10.9 Å². The number of nitrogens with one attached hydrogen (secondary N) is 2. The van der Waals surface area contributed by atoms with Crippen molar-refractivity contribution in [1.82, 2.24) is 0 Å². The molecule has 0 aliphatic heterocycles. The second kappa shape index (κ2) is 9.59. The Morgan fingerprint density at radius 1 is 1.07 bits per heavy atom. The zero-order chi connectivity index (χ0) is 19.8. The molecule has 2 aromatic rings. The van der Waals surface area contributed by atoms with Crippen LogP contribution in [0.25, 0.3) is 0 Å². The van der Waals surface area contributed by atoms with Crippen molar-refractivity contribution < 1.29 is 14.4 Å². The molecule has 2 aromatic carbocycles. The maximum atomic E-state index is 11.9. The van der Waals surface area contributed by atoms with E-state index >= 15 is 0 Å². The molecule has 27 heavy (non-hydrogen) atoms. The van der Waals surface area contributed by atoms with Gasteiger partial charge in [0.05, 0.1) is 17.1 Å². The summed E-state index contributed by atoms with van der Waals surface area (Å²) in [6, 6.07) is 12.4. The smallest absolute Gasteiger partial charge is 0.265 e. The Hall–Kier alpha value is -3.06. The monoisotopic (exact) mass is 388 g/mol. The molecule has 0 saturated carbocycles. The SMILES string of the molecule is Cc1ccc(NC(=O)CON=C(N)CC(=O)Nc2ccccc2Cl)cc1C. The van der Waals surface area contributed by atoms with E-state index in [1.54, 1.807) is 30.3 Å². The van der Waals surface area contributed by atoms with Crippen molar-refractivity contribution in [3.63, 3.8) is 0 Å². The summed E-state index contributed by atoms with van der Waals surface area (Å²) in [6.07, 6.45) is -0.190. The topological polar surface area (TPSA) is 106 Å². The van der Waals surface area contributed by atoms with Crippen LogP contribution in [0, 0.1) is 13.8 Å². The lowest BCUT2D eigenvalue weighted by Gasteiger charge is -2.08. The summed E-state index contributed by atoms with van der Waals surface area (Å²) in [6.45, 7) is 3.63. The van der Waals surface area contributed by atoms with Crippen LogP contribution in [0.1, 0.15) is 17.5 Å². The third-order valence-electron chi connectivity index (χ3n) is 3.66. The number of carbonyl (C=O) groups is 2. The minimum absolute atomic E-state index is 0.0569. The number of hydrogen-bond donors (Lipinski definition) is 3. The average molecular weight is 389 g/mol. The summed E-state index contributed by atoms with van der Waals surface area (Å²) in [4.78, 5) is 28.7. The fraction of sp³-hybridized carbons (Fsp3) is 0.211. The minimum atomic E-state index is -0.396. The molecule has 0 atom stereocenters. The number of anilines is 2. The number of benzene rings is 2. The molecule has 4 N–H and O–H groups in total. The molecule has 8 heteroatoms. The molecular weight excluding hydrogens is 368 g/mol. The van der Waals surface area contributed by atoms with Gasteiger partial charge in [0.1, 0.15) is 5.84 Å². The second-order valence-corrected chi connectivity index (χ2v) is 6.32. The third kappa shape index (κ3) is 6.63. The Bertz CT molecular complexity index is 868. The van der Waals surface area contributed by atoms with Crippen molar-refractivity contribution in [2.75, 3.05) is 17.2 Å². The van der Waals surface area contributed by atoms with Crippen molar-refractivity contribution in [1.29, 1.82) is 0 Å². The van der Waals surface area contributed by atoms with Crippen molar-refractivity contribution in [3.05, 3.63) is 58.6 Å². The van der Waals surface area contributed by atoms with Gasteiger partial charge < -0.3 is 21.2 Å². The van der Waals surface area contributed by atoms with Crippen LogP contribution in [-0.2, 0) is 14.4 Å². The molecule has 142 valence electrons. The molecule has 7 nitrogen and oxygen atoms in total. The minimum Gasteiger partial charge on any atom is -0.384 e. The van der Waals surface area contributed by atoms with Gasteiger partial charge in [-0.3, -0.25) is 9.59 Å². The van der Waals surface area contributed by atoms with Crippen LogP contribution in [0.5, 0.6) is 0 Å². The lowest BCUT2D eigenvalue weighted by Crippen LogP contribution is -2.23. The summed E-state index contributed by atoms with van der Waals surface area (Å²) >= 11 is 5.96. The quantitative estimate of drug-likeness (QED) is 0.384. The number of halogens is 1. The molecule has 0 aromatic heterocycles. The molecule has 0 fully saturated rings. The Morgan fingerprint density at radius 2 is 1.81 bits per heavy atom. The van der Waals surface area contributed by atoms with Gasteiger partial charge in [0, 0.05) is 5.69 Å². The second-order valence-electron chi connectivity index (χ2n) is 5.91. The van der Waals surface area contributed by atoms with Gasteiger partial charge in [-0.25, -0.2) is 0 Å². The van der Waals surface area contributed by atoms with E-state index in [0.29, 0.717) is 16.4 Å². The van der Waals surface area contributed by atoms with Gasteiger partial charge in [-0.05, 0) is 49.2 Å². The maximum Gasteiger partial charge on any atom is 0.265 e. The summed E-state index contributed by atoms with van der Waals surface area (Å²) in [5.41, 5.74) is 8.99. The van der Waals surface area contributed by atoms with Gasteiger partial charge in [0.25, 0.3) is 5.91 Å². The van der Waals surface area contributed by atoms with Crippen LogP contribution in [-0.4, -0.2) is 24.3 Å². The first-order chi connectivity index (χ1) is 12.8. The summed E-state index contributed by atoms with van der Waals surface area (Å²) in [5.74, 6) is -0.832. The highest BCUT2D eigenvalue weighted by Gasteiger charge is 2.09. The van der Waals surface area contributed by atoms with Gasteiger partial charge in [-0.15, -0.1) is 0 Å². The van der Waals surface area contributed by atoms with Gasteiger partial charge in [-0.2, -0.15) is 0 Å². The molecule has 0 radical (unpaired) electrons. The van der Waals surface area contributed by atoms with E-state index in [2.05, 4.69) is 15.8 Å². The zero-order valence-corrected chi connectivity index (χ0v) is 15.8. The first-order valence-corrected chi connectivity index (χ1v) is 8.58. The Balaban J connectivity index is 1.77. The van der Waals surface area contributed by atoms with E-state index in [9.17, 15) is 9.59 Å². The lowest BCUT2D eigenvalue weighted by molar-refractivity contribution is -0.120. The van der Waals surface area contributed by atoms with Crippen LogP contribution in [0.4, 0.5) is 11.4 Å². The summed E-state index contributed by atoms with van der Waals surface area (Å²) in [5, 5.41) is 9.31. The van der Waals surface area contributed by atoms with E-state index < -0.39 is 5.91 Å².